The molecule has 144 valence electrons. The lowest BCUT2D eigenvalue weighted by Crippen LogP contribution is -2.38. The molecule has 4 heteroatoms. The molecule has 27 heavy (non-hydrogen) atoms. The number of hydrogen-bond acceptors (Lipinski definition) is 2. The van der Waals surface area contributed by atoms with Gasteiger partial charge in [0.05, 0.1) is 12.5 Å². The molecule has 3 aliphatic rings. The van der Waals surface area contributed by atoms with Crippen molar-refractivity contribution in [1.82, 2.24) is 10.2 Å². The molecule has 1 N–H and O–H groups in total. The van der Waals surface area contributed by atoms with Crippen molar-refractivity contribution >= 4 is 11.8 Å². The van der Waals surface area contributed by atoms with Crippen molar-refractivity contribution in [3.05, 3.63) is 47.0 Å². The summed E-state index contributed by atoms with van der Waals surface area (Å²) in [5, 5.41) is 3.18. The molecule has 0 aromatic heterocycles. The minimum absolute atomic E-state index is 0.0311. The van der Waals surface area contributed by atoms with Crippen molar-refractivity contribution in [2.75, 3.05) is 0 Å². The van der Waals surface area contributed by atoms with Gasteiger partial charge in [0.25, 0.3) is 5.91 Å². The smallest absolute Gasteiger partial charge is 0.251 e. The molecule has 2 fully saturated rings. The summed E-state index contributed by atoms with van der Waals surface area (Å²) in [6.07, 6.45) is 10.4. The summed E-state index contributed by atoms with van der Waals surface area (Å²) in [4.78, 5) is 27.8. The van der Waals surface area contributed by atoms with Gasteiger partial charge >= 0.3 is 0 Å². The second kappa shape index (κ2) is 8.28. The van der Waals surface area contributed by atoms with E-state index in [2.05, 4.69) is 17.4 Å². The summed E-state index contributed by atoms with van der Waals surface area (Å²) in [7, 11) is 0. The molecule has 1 aromatic rings. The summed E-state index contributed by atoms with van der Waals surface area (Å²) in [5.41, 5.74) is 3.17. The summed E-state index contributed by atoms with van der Waals surface area (Å²) in [6, 6.07) is 10.7. The van der Waals surface area contributed by atoms with Crippen molar-refractivity contribution in [1.29, 1.82) is 0 Å². The quantitative estimate of drug-likeness (QED) is 0.853. The van der Waals surface area contributed by atoms with Crippen LogP contribution in [0.5, 0.6) is 0 Å². The number of benzene rings is 1. The highest BCUT2D eigenvalue weighted by Crippen LogP contribution is 2.38. The first-order valence-electron chi connectivity index (χ1n) is 10.6. The summed E-state index contributed by atoms with van der Waals surface area (Å²) >= 11 is 0. The fraction of sp³-hybridized carbons (Fsp3) is 0.565. The zero-order chi connectivity index (χ0) is 18.6. The Hall–Kier alpha value is -2.10. The minimum Gasteiger partial charge on any atom is -0.353 e. The average molecular weight is 367 g/mol. The Bertz CT molecular complexity index is 719. The van der Waals surface area contributed by atoms with Crippen molar-refractivity contribution in [2.45, 2.75) is 82.8 Å². The fourth-order valence-corrected chi connectivity index (χ4v) is 4.98. The van der Waals surface area contributed by atoms with E-state index in [1.54, 1.807) is 0 Å². The zero-order valence-corrected chi connectivity index (χ0v) is 16.1. The molecular weight excluding hydrogens is 336 g/mol. The maximum Gasteiger partial charge on any atom is 0.251 e. The number of amides is 2. The van der Waals surface area contributed by atoms with E-state index in [9.17, 15) is 9.59 Å². The van der Waals surface area contributed by atoms with Crippen LogP contribution in [0.25, 0.3) is 0 Å². The van der Waals surface area contributed by atoms with Crippen molar-refractivity contribution in [3.8, 4) is 0 Å². The van der Waals surface area contributed by atoms with Crippen LogP contribution in [0.15, 0.2) is 41.5 Å². The monoisotopic (exact) mass is 366 g/mol. The normalized spacial score (nSPS) is 23.5. The Kier molecular flexibility index (Phi) is 5.61. The lowest BCUT2D eigenvalue weighted by Gasteiger charge is -2.30. The summed E-state index contributed by atoms with van der Waals surface area (Å²) in [5.74, 6) is 0.114. The number of rotatable bonds is 5. The highest BCUT2D eigenvalue weighted by Gasteiger charge is 2.40. The first-order chi connectivity index (χ1) is 13.2. The van der Waals surface area contributed by atoms with E-state index >= 15 is 0 Å². The van der Waals surface area contributed by atoms with Crippen LogP contribution in [0, 0.1) is 0 Å². The lowest BCUT2D eigenvalue weighted by atomic mass is 9.88. The van der Waals surface area contributed by atoms with Gasteiger partial charge in [0.15, 0.2) is 0 Å². The van der Waals surface area contributed by atoms with Gasteiger partial charge in [0.2, 0.25) is 5.91 Å². The molecule has 1 unspecified atom stereocenters. The Morgan fingerprint density at radius 3 is 2.52 bits per heavy atom. The van der Waals surface area contributed by atoms with E-state index < -0.39 is 0 Å². The van der Waals surface area contributed by atoms with Gasteiger partial charge in [0.1, 0.15) is 0 Å². The molecule has 0 saturated heterocycles. The highest BCUT2D eigenvalue weighted by molar-refractivity contribution is 6.02. The van der Waals surface area contributed by atoms with Gasteiger partial charge in [-0.15, -0.1) is 0 Å². The number of fused-ring (bicyclic) bond motifs is 1. The van der Waals surface area contributed by atoms with Crippen LogP contribution in [-0.4, -0.2) is 28.8 Å². The highest BCUT2D eigenvalue weighted by atomic mass is 16.2. The molecule has 2 saturated carbocycles. The van der Waals surface area contributed by atoms with Crippen molar-refractivity contribution < 1.29 is 9.59 Å². The van der Waals surface area contributed by atoms with E-state index in [0.29, 0.717) is 12.6 Å². The molecule has 1 heterocycles. The van der Waals surface area contributed by atoms with E-state index in [4.69, 9.17) is 0 Å². The maximum atomic E-state index is 13.2. The Morgan fingerprint density at radius 2 is 1.74 bits per heavy atom. The predicted octanol–water partition coefficient (Wildman–Crippen LogP) is 4.11. The van der Waals surface area contributed by atoms with E-state index in [1.807, 2.05) is 23.1 Å². The van der Waals surface area contributed by atoms with Crippen LogP contribution in [0.4, 0.5) is 0 Å². The molecule has 1 aromatic carbocycles. The van der Waals surface area contributed by atoms with Gasteiger partial charge in [-0.25, -0.2) is 0 Å². The average Bonchev–Trinajstić information content (AvgIpc) is 2.95. The third kappa shape index (κ3) is 4.10. The van der Waals surface area contributed by atoms with E-state index in [0.717, 1.165) is 49.7 Å². The van der Waals surface area contributed by atoms with Crippen LogP contribution >= 0.6 is 0 Å². The van der Waals surface area contributed by atoms with E-state index in [1.165, 1.54) is 24.8 Å². The molecule has 4 rings (SSSR count). The van der Waals surface area contributed by atoms with Gasteiger partial charge in [0, 0.05) is 18.2 Å². The van der Waals surface area contributed by atoms with Gasteiger partial charge in [-0.3, -0.25) is 9.59 Å². The fourth-order valence-electron chi connectivity index (χ4n) is 4.98. The largest absolute Gasteiger partial charge is 0.353 e. The second-order valence-electron chi connectivity index (χ2n) is 8.26. The molecule has 1 aliphatic heterocycles. The number of carbonyl (C=O) groups is 2. The molecule has 0 bridgehead atoms. The molecule has 4 nitrogen and oxygen atoms in total. The number of nitrogens with one attached hydrogen (secondary N) is 1. The van der Waals surface area contributed by atoms with Crippen LogP contribution in [0.3, 0.4) is 0 Å². The van der Waals surface area contributed by atoms with Gasteiger partial charge < -0.3 is 10.2 Å². The van der Waals surface area contributed by atoms with Gasteiger partial charge in [-0.2, -0.15) is 0 Å². The summed E-state index contributed by atoms with van der Waals surface area (Å²) in [6.45, 7) is 0.640. The van der Waals surface area contributed by atoms with Crippen LogP contribution in [0.1, 0.15) is 69.8 Å². The topological polar surface area (TPSA) is 49.4 Å². The van der Waals surface area contributed by atoms with Crippen LogP contribution in [-0.2, 0) is 16.1 Å². The Morgan fingerprint density at radius 1 is 1.00 bits per heavy atom. The third-order valence-electron chi connectivity index (χ3n) is 6.36. The minimum atomic E-state index is 0.0311. The van der Waals surface area contributed by atoms with Crippen LogP contribution in [0.2, 0.25) is 0 Å². The first kappa shape index (κ1) is 18.3. The van der Waals surface area contributed by atoms with Crippen molar-refractivity contribution in [2.24, 2.45) is 0 Å². The molecular formula is C23H30N2O2. The predicted molar refractivity (Wildman–Crippen MR) is 106 cm³/mol. The zero-order valence-electron chi connectivity index (χ0n) is 16.1. The van der Waals surface area contributed by atoms with Crippen molar-refractivity contribution in [3.63, 3.8) is 0 Å². The molecule has 1 atom stereocenters. The SMILES string of the molecule is O=C(CC1=C2CCCCC2N(Cc2ccccc2)C1=O)NC1CCCCC1. The first-order valence-corrected chi connectivity index (χ1v) is 10.6. The maximum absolute atomic E-state index is 13.2. The third-order valence-corrected chi connectivity index (χ3v) is 6.36. The number of carbonyl (C=O) groups excluding carboxylic acids is 2. The second-order valence-corrected chi connectivity index (χ2v) is 8.26. The molecule has 2 amide bonds. The Labute approximate surface area is 162 Å². The molecule has 2 aliphatic carbocycles. The lowest BCUT2D eigenvalue weighted by molar-refractivity contribution is -0.129. The standard InChI is InChI=1S/C23H30N2O2/c26-22(24-18-11-5-2-6-12-18)15-20-19-13-7-8-14-21(19)25(23(20)27)16-17-9-3-1-4-10-17/h1,3-4,9-10,18,21H,2,5-8,11-16H2,(H,24,26). The number of nitrogens with zero attached hydrogens (tertiary/aromatic N) is 1. The van der Waals surface area contributed by atoms with E-state index in [-0.39, 0.29) is 24.3 Å². The number of hydrogen-bond donors (Lipinski definition) is 1. The summed E-state index contributed by atoms with van der Waals surface area (Å²) < 4.78 is 0. The Balaban J connectivity index is 1.47. The van der Waals surface area contributed by atoms with Gasteiger partial charge in [-0.1, -0.05) is 56.0 Å². The van der Waals surface area contributed by atoms with Gasteiger partial charge in [-0.05, 0) is 43.2 Å². The molecule has 0 spiro atoms. The van der Waals surface area contributed by atoms with Crippen LogP contribution < -0.4 is 5.32 Å². The molecule has 0 radical (unpaired) electrons.